The number of hydrogen-bond acceptors (Lipinski definition) is 6. The standard InChI is InChI=1S/C25H28N2O4S/c1-5-18(4)27(25(28)19-7-9-22-23(11-19)31-15-30-22)12-20-14-32-24(26-20)13-29-21-8-6-16(2)17(3)10-21/h6-11,14,18H,5,12-13,15H2,1-4H3/t18-/m0/s1. The second kappa shape index (κ2) is 9.61. The Hall–Kier alpha value is -3.06. The van der Waals surface area contributed by atoms with Gasteiger partial charge in [0.05, 0.1) is 12.2 Å². The van der Waals surface area contributed by atoms with Gasteiger partial charge >= 0.3 is 0 Å². The van der Waals surface area contributed by atoms with E-state index >= 15 is 0 Å². The number of benzene rings is 2. The highest BCUT2D eigenvalue weighted by atomic mass is 32.1. The Bertz CT molecular complexity index is 1110. The largest absolute Gasteiger partial charge is 0.486 e. The van der Waals surface area contributed by atoms with Gasteiger partial charge in [0.1, 0.15) is 17.4 Å². The van der Waals surface area contributed by atoms with Crippen molar-refractivity contribution in [3.63, 3.8) is 0 Å². The molecule has 168 valence electrons. The third kappa shape index (κ3) is 4.88. The summed E-state index contributed by atoms with van der Waals surface area (Å²) in [6.45, 7) is 9.34. The van der Waals surface area contributed by atoms with Crippen LogP contribution in [0.2, 0.25) is 0 Å². The monoisotopic (exact) mass is 452 g/mol. The summed E-state index contributed by atoms with van der Waals surface area (Å²) in [6.07, 6.45) is 0.850. The molecule has 3 aromatic rings. The van der Waals surface area contributed by atoms with Crippen LogP contribution in [0.5, 0.6) is 17.2 Å². The highest BCUT2D eigenvalue weighted by Gasteiger charge is 2.24. The van der Waals surface area contributed by atoms with Crippen LogP contribution in [0.4, 0.5) is 0 Å². The summed E-state index contributed by atoms with van der Waals surface area (Å²) in [5.41, 5.74) is 3.89. The minimum absolute atomic E-state index is 0.0430. The number of fused-ring (bicyclic) bond motifs is 1. The molecular weight excluding hydrogens is 424 g/mol. The predicted molar refractivity (Wildman–Crippen MR) is 125 cm³/mol. The van der Waals surface area contributed by atoms with Crippen LogP contribution in [0.1, 0.15) is 52.5 Å². The maximum absolute atomic E-state index is 13.3. The zero-order valence-electron chi connectivity index (χ0n) is 18.9. The van der Waals surface area contributed by atoms with Crippen LogP contribution in [-0.4, -0.2) is 28.6 Å². The number of aromatic nitrogens is 1. The van der Waals surface area contributed by atoms with E-state index in [4.69, 9.17) is 19.2 Å². The first kappa shape index (κ1) is 22.1. The van der Waals surface area contributed by atoms with Gasteiger partial charge in [-0.25, -0.2) is 4.98 Å². The number of rotatable bonds is 8. The molecule has 0 fully saturated rings. The highest BCUT2D eigenvalue weighted by Crippen LogP contribution is 2.33. The van der Waals surface area contributed by atoms with Gasteiger partial charge in [-0.2, -0.15) is 0 Å². The lowest BCUT2D eigenvalue weighted by Crippen LogP contribution is -2.37. The molecule has 0 saturated heterocycles. The van der Waals surface area contributed by atoms with E-state index in [-0.39, 0.29) is 18.7 Å². The first-order valence-corrected chi connectivity index (χ1v) is 11.7. The van der Waals surface area contributed by atoms with Gasteiger partial charge in [-0.1, -0.05) is 13.0 Å². The van der Waals surface area contributed by atoms with E-state index in [9.17, 15) is 4.79 Å². The molecule has 2 heterocycles. The molecule has 1 amide bonds. The molecule has 0 aliphatic carbocycles. The first-order chi connectivity index (χ1) is 15.4. The van der Waals surface area contributed by atoms with Crippen LogP contribution in [0.3, 0.4) is 0 Å². The van der Waals surface area contributed by atoms with Gasteiger partial charge in [0.2, 0.25) is 6.79 Å². The fourth-order valence-corrected chi connectivity index (χ4v) is 4.15. The van der Waals surface area contributed by atoms with Crippen LogP contribution < -0.4 is 14.2 Å². The molecular formula is C25H28N2O4S. The van der Waals surface area contributed by atoms with Crippen LogP contribution in [-0.2, 0) is 13.2 Å². The Kier molecular flexibility index (Phi) is 6.65. The van der Waals surface area contributed by atoms with Crippen molar-refractivity contribution in [2.75, 3.05) is 6.79 Å². The normalized spacial score (nSPS) is 13.1. The molecule has 7 heteroatoms. The molecule has 0 N–H and O–H groups in total. The van der Waals surface area contributed by atoms with Crippen molar-refractivity contribution >= 4 is 17.2 Å². The summed E-state index contributed by atoms with van der Waals surface area (Å²) in [5, 5.41) is 2.89. The van der Waals surface area contributed by atoms with Gasteiger partial charge in [0.25, 0.3) is 5.91 Å². The van der Waals surface area contributed by atoms with Gasteiger partial charge in [0, 0.05) is 17.0 Å². The molecule has 0 saturated carbocycles. The Morgan fingerprint density at radius 3 is 2.75 bits per heavy atom. The van der Waals surface area contributed by atoms with Crippen molar-refractivity contribution in [3.05, 3.63) is 69.2 Å². The van der Waals surface area contributed by atoms with E-state index < -0.39 is 0 Å². The number of hydrogen-bond donors (Lipinski definition) is 0. The molecule has 32 heavy (non-hydrogen) atoms. The van der Waals surface area contributed by atoms with Gasteiger partial charge < -0.3 is 19.1 Å². The van der Waals surface area contributed by atoms with E-state index in [0.29, 0.717) is 30.2 Å². The molecule has 0 spiro atoms. The number of carbonyl (C=O) groups is 1. The maximum Gasteiger partial charge on any atom is 0.254 e. The molecule has 1 aliphatic heterocycles. The van der Waals surface area contributed by atoms with Crippen molar-refractivity contribution in [1.29, 1.82) is 0 Å². The van der Waals surface area contributed by atoms with Gasteiger partial charge in [-0.05, 0) is 68.7 Å². The minimum atomic E-state index is -0.0430. The summed E-state index contributed by atoms with van der Waals surface area (Å²) in [7, 11) is 0. The van der Waals surface area contributed by atoms with Crippen LogP contribution in [0, 0.1) is 13.8 Å². The lowest BCUT2D eigenvalue weighted by atomic mass is 10.1. The SMILES string of the molecule is CC[C@H](C)N(Cc1csc(COc2ccc(C)c(C)c2)n1)C(=O)c1ccc2c(c1)OCO2. The van der Waals surface area contributed by atoms with Crippen molar-refractivity contribution in [2.45, 2.75) is 53.3 Å². The third-order valence-corrected chi connectivity index (χ3v) is 6.65. The molecule has 0 bridgehead atoms. The smallest absolute Gasteiger partial charge is 0.254 e. The Morgan fingerprint density at radius 2 is 1.97 bits per heavy atom. The van der Waals surface area contributed by atoms with Crippen molar-refractivity contribution in [3.8, 4) is 17.2 Å². The number of thiazole rings is 1. The van der Waals surface area contributed by atoms with Crippen LogP contribution in [0.25, 0.3) is 0 Å². The second-order valence-electron chi connectivity index (χ2n) is 8.03. The van der Waals surface area contributed by atoms with E-state index in [2.05, 4.69) is 33.8 Å². The molecule has 1 aliphatic rings. The maximum atomic E-state index is 13.3. The fraction of sp³-hybridized carbons (Fsp3) is 0.360. The summed E-state index contributed by atoms with van der Waals surface area (Å²) in [4.78, 5) is 19.9. The molecule has 1 atom stereocenters. The Balaban J connectivity index is 1.44. The van der Waals surface area contributed by atoms with E-state index in [0.717, 1.165) is 22.9 Å². The highest BCUT2D eigenvalue weighted by molar-refractivity contribution is 7.09. The lowest BCUT2D eigenvalue weighted by Gasteiger charge is -2.28. The van der Waals surface area contributed by atoms with E-state index in [1.165, 1.54) is 11.1 Å². The van der Waals surface area contributed by atoms with Crippen LogP contribution in [0.15, 0.2) is 41.8 Å². The summed E-state index contributed by atoms with van der Waals surface area (Å²) in [6, 6.07) is 11.5. The predicted octanol–water partition coefficient (Wildman–Crippen LogP) is 5.51. The number of ether oxygens (including phenoxy) is 3. The number of amides is 1. The summed E-state index contributed by atoms with van der Waals surface area (Å²) >= 11 is 1.55. The molecule has 1 aromatic heterocycles. The average molecular weight is 453 g/mol. The second-order valence-corrected chi connectivity index (χ2v) is 8.97. The average Bonchev–Trinajstić information content (AvgIpc) is 3.46. The van der Waals surface area contributed by atoms with Gasteiger partial charge in [0.15, 0.2) is 11.5 Å². The lowest BCUT2D eigenvalue weighted by molar-refractivity contribution is 0.0668. The third-order valence-electron chi connectivity index (χ3n) is 5.78. The summed E-state index contributed by atoms with van der Waals surface area (Å²) < 4.78 is 16.7. The number of carbonyl (C=O) groups excluding carboxylic acids is 1. The van der Waals surface area contributed by atoms with E-state index in [1.807, 2.05) is 22.4 Å². The zero-order valence-corrected chi connectivity index (χ0v) is 19.7. The first-order valence-electron chi connectivity index (χ1n) is 10.8. The topological polar surface area (TPSA) is 60.9 Å². The van der Waals surface area contributed by atoms with Crippen LogP contribution >= 0.6 is 11.3 Å². The quantitative estimate of drug-likeness (QED) is 0.451. The molecule has 6 nitrogen and oxygen atoms in total. The zero-order chi connectivity index (χ0) is 22.7. The molecule has 2 aromatic carbocycles. The van der Waals surface area contributed by atoms with Gasteiger partial charge in [-0.3, -0.25) is 4.79 Å². The number of nitrogens with zero attached hydrogens (tertiary/aromatic N) is 2. The molecule has 4 rings (SSSR count). The molecule has 0 radical (unpaired) electrons. The minimum Gasteiger partial charge on any atom is -0.486 e. The molecule has 0 unspecified atom stereocenters. The van der Waals surface area contributed by atoms with Crippen molar-refractivity contribution < 1.29 is 19.0 Å². The van der Waals surface area contributed by atoms with E-state index in [1.54, 1.807) is 29.5 Å². The van der Waals surface area contributed by atoms with Gasteiger partial charge in [-0.15, -0.1) is 11.3 Å². The Labute approximate surface area is 192 Å². The van der Waals surface area contributed by atoms with Crippen molar-refractivity contribution in [1.82, 2.24) is 9.88 Å². The van der Waals surface area contributed by atoms with Crippen molar-refractivity contribution in [2.24, 2.45) is 0 Å². The number of aryl methyl sites for hydroxylation is 2. The summed E-state index contributed by atoms with van der Waals surface area (Å²) in [5.74, 6) is 2.08. The Morgan fingerprint density at radius 1 is 1.16 bits per heavy atom. The fourth-order valence-electron chi connectivity index (χ4n) is 3.45.